The first-order valence-electron chi connectivity index (χ1n) is 9.35. The van der Waals surface area contributed by atoms with Gasteiger partial charge in [0.05, 0.1) is 49.6 Å². The van der Waals surface area contributed by atoms with E-state index in [1.165, 1.54) is 19.2 Å². The predicted octanol–water partition coefficient (Wildman–Crippen LogP) is 2.61. The highest BCUT2D eigenvalue weighted by Gasteiger charge is 2.33. The number of rotatable bonds is 7. The molecule has 1 aliphatic rings. The molecule has 160 valence electrons. The SMILES string of the molecule is COc1cc([N+](=O)[O-])ccc1-n1c(C)cc(/C=N\NC(=O)CC2(C)OCCO2)c1C. The second kappa shape index (κ2) is 8.64. The van der Waals surface area contributed by atoms with E-state index < -0.39 is 10.7 Å². The standard InChI is InChI=1S/C20H24N4O6/c1-13-9-15(12-21-22-19(25)11-20(3)29-7-8-30-20)14(2)23(13)17-6-5-16(24(26)27)10-18(17)28-4/h5-6,9-10,12H,7-8,11H2,1-4H3,(H,22,25)/b21-12-. The van der Waals surface area contributed by atoms with E-state index in [1.807, 2.05) is 24.5 Å². The second-order valence-electron chi connectivity index (χ2n) is 7.08. The van der Waals surface area contributed by atoms with E-state index in [2.05, 4.69) is 10.5 Å². The van der Waals surface area contributed by atoms with Gasteiger partial charge in [-0.15, -0.1) is 0 Å². The number of nitrogens with one attached hydrogen (secondary N) is 1. The zero-order valence-corrected chi connectivity index (χ0v) is 17.3. The van der Waals surface area contributed by atoms with Crippen LogP contribution < -0.4 is 10.2 Å². The molecule has 1 amide bonds. The molecular weight excluding hydrogens is 392 g/mol. The number of carbonyl (C=O) groups excluding carboxylic acids is 1. The first-order chi connectivity index (χ1) is 14.2. The topological polar surface area (TPSA) is 117 Å². The van der Waals surface area contributed by atoms with Crippen molar-refractivity contribution < 1.29 is 23.9 Å². The van der Waals surface area contributed by atoms with Crippen LogP contribution in [0.25, 0.3) is 5.69 Å². The number of hydrazone groups is 1. The van der Waals surface area contributed by atoms with Crippen molar-refractivity contribution in [2.75, 3.05) is 20.3 Å². The van der Waals surface area contributed by atoms with Gasteiger partial charge in [-0.05, 0) is 32.9 Å². The van der Waals surface area contributed by atoms with E-state index in [0.717, 1.165) is 17.0 Å². The monoisotopic (exact) mass is 416 g/mol. The average Bonchev–Trinajstić information content (AvgIpc) is 3.24. The lowest BCUT2D eigenvalue weighted by Gasteiger charge is -2.20. The van der Waals surface area contributed by atoms with Crippen LogP contribution in [-0.4, -0.2) is 47.7 Å². The molecule has 1 aliphatic heterocycles. The molecule has 1 N–H and O–H groups in total. The van der Waals surface area contributed by atoms with Gasteiger partial charge in [-0.25, -0.2) is 5.43 Å². The lowest BCUT2D eigenvalue weighted by molar-refractivity contribution is -0.384. The molecule has 0 aliphatic carbocycles. The van der Waals surface area contributed by atoms with E-state index >= 15 is 0 Å². The number of methoxy groups -OCH3 is 1. The fraction of sp³-hybridized carbons (Fsp3) is 0.400. The number of ether oxygens (including phenoxy) is 3. The van der Waals surface area contributed by atoms with Crippen LogP contribution in [0.4, 0.5) is 5.69 Å². The Kier molecular flexibility index (Phi) is 6.18. The second-order valence-corrected chi connectivity index (χ2v) is 7.08. The van der Waals surface area contributed by atoms with Crippen molar-refractivity contribution in [1.29, 1.82) is 0 Å². The molecule has 0 spiro atoms. The number of non-ortho nitro benzene ring substituents is 1. The Morgan fingerprint density at radius 1 is 1.37 bits per heavy atom. The van der Waals surface area contributed by atoms with E-state index in [9.17, 15) is 14.9 Å². The Morgan fingerprint density at radius 3 is 2.70 bits per heavy atom. The first kappa shape index (κ1) is 21.5. The summed E-state index contributed by atoms with van der Waals surface area (Å²) >= 11 is 0. The molecule has 0 saturated carbocycles. The number of nitro benzene ring substituents is 1. The summed E-state index contributed by atoms with van der Waals surface area (Å²) in [6.07, 6.45) is 1.59. The summed E-state index contributed by atoms with van der Waals surface area (Å²) < 4.78 is 18.1. The smallest absolute Gasteiger partial charge is 0.273 e. The molecule has 30 heavy (non-hydrogen) atoms. The Bertz CT molecular complexity index is 991. The average molecular weight is 416 g/mol. The van der Waals surface area contributed by atoms with Crippen molar-refractivity contribution in [3.8, 4) is 11.4 Å². The van der Waals surface area contributed by atoms with Gasteiger partial charge < -0.3 is 18.8 Å². The molecule has 2 heterocycles. The van der Waals surface area contributed by atoms with Crippen molar-refractivity contribution in [3.05, 3.63) is 51.3 Å². The summed E-state index contributed by atoms with van der Waals surface area (Å²) in [5.74, 6) is -0.851. The molecule has 1 aromatic heterocycles. The summed E-state index contributed by atoms with van der Waals surface area (Å²) in [5.41, 5.74) is 5.61. The van der Waals surface area contributed by atoms with Crippen molar-refractivity contribution in [1.82, 2.24) is 9.99 Å². The zero-order chi connectivity index (χ0) is 21.9. The third-order valence-electron chi connectivity index (χ3n) is 4.86. The lowest BCUT2D eigenvalue weighted by Crippen LogP contribution is -2.33. The maximum absolute atomic E-state index is 12.1. The highest BCUT2D eigenvalue weighted by molar-refractivity contribution is 5.84. The fourth-order valence-electron chi connectivity index (χ4n) is 3.42. The van der Waals surface area contributed by atoms with Crippen molar-refractivity contribution in [2.24, 2.45) is 5.10 Å². The van der Waals surface area contributed by atoms with Crippen LogP contribution in [0.5, 0.6) is 5.75 Å². The van der Waals surface area contributed by atoms with Crippen molar-refractivity contribution in [2.45, 2.75) is 33.0 Å². The summed E-state index contributed by atoms with van der Waals surface area (Å²) in [5, 5.41) is 15.1. The minimum absolute atomic E-state index is 0.0450. The van der Waals surface area contributed by atoms with Gasteiger partial charge >= 0.3 is 0 Å². The number of nitro groups is 1. The summed E-state index contributed by atoms with van der Waals surface area (Å²) in [7, 11) is 1.47. The number of hydrogen-bond acceptors (Lipinski definition) is 7. The van der Waals surface area contributed by atoms with Crippen LogP contribution in [0, 0.1) is 24.0 Å². The Morgan fingerprint density at radius 2 is 2.07 bits per heavy atom. The predicted molar refractivity (Wildman–Crippen MR) is 109 cm³/mol. The van der Waals surface area contributed by atoms with Crippen LogP contribution in [0.15, 0.2) is 29.4 Å². The number of amides is 1. The van der Waals surface area contributed by atoms with Gasteiger partial charge in [0, 0.05) is 23.0 Å². The van der Waals surface area contributed by atoms with Crippen LogP contribution in [0.3, 0.4) is 0 Å². The molecule has 1 saturated heterocycles. The fourth-order valence-corrected chi connectivity index (χ4v) is 3.42. The van der Waals surface area contributed by atoms with Gasteiger partial charge in [0.1, 0.15) is 5.75 Å². The lowest BCUT2D eigenvalue weighted by atomic mass is 10.2. The maximum atomic E-state index is 12.1. The van der Waals surface area contributed by atoms with E-state index in [0.29, 0.717) is 24.7 Å². The number of aromatic nitrogens is 1. The highest BCUT2D eigenvalue weighted by atomic mass is 16.7. The summed E-state index contributed by atoms with van der Waals surface area (Å²) in [6.45, 7) is 6.43. The summed E-state index contributed by atoms with van der Waals surface area (Å²) in [6, 6.07) is 6.35. The molecule has 3 rings (SSSR count). The number of benzene rings is 1. The van der Waals surface area contributed by atoms with Gasteiger partial charge in [-0.3, -0.25) is 14.9 Å². The normalized spacial score (nSPS) is 15.5. The van der Waals surface area contributed by atoms with Crippen LogP contribution in [0.1, 0.15) is 30.3 Å². The third-order valence-corrected chi connectivity index (χ3v) is 4.86. The van der Waals surface area contributed by atoms with E-state index in [4.69, 9.17) is 14.2 Å². The number of hydrogen-bond donors (Lipinski definition) is 1. The Hall–Kier alpha value is -3.24. The van der Waals surface area contributed by atoms with Gasteiger partial charge in [0.2, 0.25) is 5.91 Å². The van der Waals surface area contributed by atoms with Crippen LogP contribution in [-0.2, 0) is 14.3 Å². The molecular formula is C20H24N4O6. The van der Waals surface area contributed by atoms with Crippen molar-refractivity contribution in [3.63, 3.8) is 0 Å². The quantitative estimate of drug-likeness (QED) is 0.421. The summed E-state index contributed by atoms with van der Waals surface area (Å²) in [4.78, 5) is 22.6. The van der Waals surface area contributed by atoms with E-state index in [1.54, 1.807) is 19.2 Å². The van der Waals surface area contributed by atoms with Gasteiger partial charge in [0.25, 0.3) is 5.69 Å². The van der Waals surface area contributed by atoms with E-state index in [-0.39, 0.29) is 18.0 Å². The number of nitrogens with zero attached hydrogens (tertiary/aromatic N) is 3. The maximum Gasteiger partial charge on any atom is 0.273 e. The Labute approximate surface area is 173 Å². The molecule has 1 aromatic carbocycles. The highest BCUT2D eigenvalue weighted by Crippen LogP contribution is 2.31. The minimum atomic E-state index is -0.915. The van der Waals surface area contributed by atoms with Crippen molar-refractivity contribution >= 4 is 17.8 Å². The molecule has 10 heteroatoms. The molecule has 0 atom stereocenters. The molecule has 0 radical (unpaired) electrons. The van der Waals surface area contributed by atoms with Gasteiger partial charge in [-0.2, -0.15) is 5.10 Å². The zero-order valence-electron chi connectivity index (χ0n) is 17.3. The third kappa shape index (κ3) is 4.50. The first-order valence-corrected chi connectivity index (χ1v) is 9.35. The molecule has 0 bridgehead atoms. The van der Waals surface area contributed by atoms with Gasteiger partial charge in [-0.1, -0.05) is 0 Å². The van der Waals surface area contributed by atoms with Crippen LogP contribution in [0.2, 0.25) is 0 Å². The molecule has 1 fully saturated rings. The minimum Gasteiger partial charge on any atom is -0.494 e. The number of carbonyl (C=O) groups is 1. The number of aryl methyl sites for hydroxylation is 1. The molecule has 2 aromatic rings. The molecule has 0 unspecified atom stereocenters. The largest absolute Gasteiger partial charge is 0.494 e. The van der Waals surface area contributed by atoms with Gasteiger partial charge in [0.15, 0.2) is 5.79 Å². The van der Waals surface area contributed by atoms with Crippen LogP contribution >= 0.6 is 0 Å². The molecule has 10 nitrogen and oxygen atoms in total. The Balaban J connectivity index is 1.78.